The summed E-state index contributed by atoms with van der Waals surface area (Å²) in [6, 6.07) is 12.6. The van der Waals surface area contributed by atoms with Gasteiger partial charge in [0.25, 0.3) is 5.56 Å². The summed E-state index contributed by atoms with van der Waals surface area (Å²) in [5, 5.41) is 2.92. The van der Waals surface area contributed by atoms with Crippen LogP contribution >= 0.6 is 0 Å². The van der Waals surface area contributed by atoms with Crippen LogP contribution in [0.2, 0.25) is 0 Å². The molecule has 6 nitrogen and oxygen atoms in total. The van der Waals surface area contributed by atoms with E-state index in [2.05, 4.69) is 5.32 Å². The van der Waals surface area contributed by atoms with Crippen LogP contribution in [0.3, 0.4) is 0 Å². The molecule has 1 aliphatic rings. The maximum atomic E-state index is 12.3. The van der Waals surface area contributed by atoms with Crippen LogP contribution in [0.1, 0.15) is 24.1 Å². The standard InChI is InChI=1S/C20H23N3O3/c1-14-5-3-7-17(11-14)23-13-16(12-20(23)26)21-18(24)9-10-22-15(2)6-4-8-19(22)25/h3-8,11,16H,9-10,12-13H2,1-2H3,(H,21,24)/t16-/m0/s1. The van der Waals surface area contributed by atoms with Crippen molar-refractivity contribution in [3.05, 3.63) is 64.1 Å². The van der Waals surface area contributed by atoms with Crippen molar-refractivity contribution in [2.75, 3.05) is 11.4 Å². The minimum Gasteiger partial charge on any atom is -0.351 e. The molecule has 1 aromatic carbocycles. The Balaban J connectivity index is 1.57. The number of nitrogens with zero attached hydrogens (tertiary/aromatic N) is 2. The smallest absolute Gasteiger partial charge is 0.250 e. The minimum absolute atomic E-state index is 0.0102. The van der Waals surface area contributed by atoms with E-state index in [1.54, 1.807) is 15.5 Å². The highest BCUT2D eigenvalue weighted by molar-refractivity contribution is 5.96. The van der Waals surface area contributed by atoms with E-state index in [4.69, 9.17) is 0 Å². The van der Waals surface area contributed by atoms with Gasteiger partial charge in [-0.15, -0.1) is 0 Å². The van der Waals surface area contributed by atoms with Crippen LogP contribution in [0.4, 0.5) is 5.69 Å². The number of benzene rings is 1. The Hall–Kier alpha value is -2.89. The highest BCUT2D eigenvalue weighted by Gasteiger charge is 2.31. The number of rotatable bonds is 5. The molecule has 0 bridgehead atoms. The fourth-order valence-corrected chi connectivity index (χ4v) is 3.27. The van der Waals surface area contributed by atoms with E-state index in [1.807, 2.05) is 44.2 Å². The van der Waals surface area contributed by atoms with Crippen molar-refractivity contribution < 1.29 is 9.59 Å². The zero-order valence-electron chi connectivity index (χ0n) is 15.1. The van der Waals surface area contributed by atoms with Gasteiger partial charge in [-0.05, 0) is 37.6 Å². The van der Waals surface area contributed by atoms with Gasteiger partial charge in [-0.1, -0.05) is 18.2 Å². The number of carbonyl (C=O) groups excluding carboxylic acids is 2. The van der Waals surface area contributed by atoms with Crippen LogP contribution in [0, 0.1) is 13.8 Å². The van der Waals surface area contributed by atoms with Crippen molar-refractivity contribution in [1.82, 2.24) is 9.88 Å². The topological polar surface area (TPSA) is 71.4 Å². The number of amides is 2. The van der Waals surface area contributed by atoms with Crippen molar-refractivity contribution >= 4 is 17.5 Å². The summed E-state index contributed by atoms with van der Waals surface area (Å²) in [5.41, 5.74) is 2.66. The summed E-state index contributed by atoms with van der Waals surface area (Å²) in [6.45, 7) is 4.63. The van der Waals surface area contributed by atoms with E-state index < -0.39 is 0 Å². The quantitative estimate of drug-likeness (QED) is 0.891. The first-order chi connectivity index (χ1) is 12.4. The SMILES string of the molecule is Cc1cccc(N2C[C@@H](NC(=O)CCn3c(C)cccc3=O)CC2=O)c1. The van der Waals surface area contributed by atoms with Gasteiger partial charge in [0.1, 0.15) is 0 Å². The predicted octanol–water partition coefficient (Wildman–Crippen LogP) is 1.78. The maximum Gasteiger partial charge on any atom is 0.250 e. The Labute approximate surface area is 152 Å². The molecule has 2 amide bonds. The number of aryl methyl sites for hydroxylation is 2. The number of nitrogens with one attached hydrogen (secondary N) is 1. The summed E-state index contributed by atoms with van der Waals surface area (Å²) in [4.78, 5) is 38.1. The zero-order valence-corrected chi connectivity index (χ0v) is 15.1. The summed E-state index contributed by atoms with van der Waals surface area (Å²) >= 11 is 0. The molecule has 0 unspecified atom stereocenters. The zero-order chi connectivity index (χ0) is 18.7. The fourth-order valence-electron chi connectivity index (χ4n) is 3.27. The second-order valence-corrected chi connectivity index (χ2v) is 6.72. The molecule has 2 aromatic rings. The number of hydrogen-bond acceptors (Lipinski definition) is 3. The van der Waals surface area contributed by atoms with E-state index >= 15 is 0 Å². The molecule has 1 N–H and O–H groups in total. The molecule has 0 aliphatic carbocycles. The highest BCUT2D eigenvalue weighted by atomic mass is 16.2. The van der Waals surface area contributed by atoms with Gasteiger partial charge in [0.15, 0.2) is 0 Å². The Bertz CT molecular complexity index is 888. The molecule has 1 saturated heterocycles. The van der Waals surface area contributed by atoms with E-state index in [9.17, 15) is 14.4 Å². The third-order valence-corrected chi connectivity index (χ3v) is 4.63. The molecule has 2 heterocycles. The Kier molecular flexibility index (Phi) is 5.21. The summed E-state index contributed by atoms with van der Waals surface area (Å²) in [6.07, 6.45) is 0.504. The highest BCUT2D eigenvalue weighted by Crippen LogP contribution is 2.22. The molecule has 6 heteroatoms. The maximum absolute atomic E-state index is 12.3. The first-order valence-corrected chi connectivity index (χ1v) is 8.77. The Morgan fingerprint density at radius 1 is 1.15 bits per heavy atom. The summed E-state index contributed by atoms with van der Waals surface area (Å²) in [7, 11) is 0. The van der Waals surface area contributed by atoms with Crippen LogP contribution in [-0.2, 0) is 16.1 Å². The number of hydrogen-bond donors (Lipinski definition) is 1. The molecule has 136 valence electrons. The lowest BCUT2D eigenvalue weighted by Gasteiger charge is -2.18. The normalized spacial score (nSPS) is 16.8. The van der Waals surface area contributed by atoms with Crippen molar-refractivity contribution in [3.8, 4) is 0 Å². The predicted molar refractivity (Wildman–Crippen MR) is 100 cm³/mol. The van der Waals surface area contributed by atoms with E-state index in [1.165, 1.54) is 6.07 Å². The molecule has 1 aromatic heterocycles. The van der Waals surface area contributed by atoms with Crippen molar-refractivity contribution in [1.29, 1.82) is 0 Å². The molecular formula is C20H23N3O3. The van der Waals surface area contributed by atoms with Crippen LogP contribution in [0.15, 0.2) is 47.3 Å². The third kappa shape index (κ3) is 4.02. The molecule has 0 spiro atoms. The van der Waals surface area contributed by atoms with Gasteiger partial charge in [-0.2, -0.15) is 0 Å². The Morgan fingerprint density at radius 2 is 1.92 bits per heavy atom. The van der Waals surface area contributed by atoms with E-state index in [0.717, 1.165) is 16.9 Å². The minimum atomic E-state index is -0.205. The van der Waals surface area contributed by atoms with Gasteiger partial charge in [0.2, 0.25) is 11.8 Å². The Morgan fingerprint density at radius 3 is 2.65 bits per heavy atom. The molecule has 1 fully saturated rings. The average molecular weight is 353 g/mol. The summed E-state index contributed by atoms with van der Waals surface area (Å²) in [5.74, 6) is -0.139. The van der Waals surface area contributed by atoms with Crippen LogP contribution in [-0.4, -0.2) is 29.0 Å². The van der Waals surface area contributed by atoms with Crippen LogP contribution in [0.25, 0.3) is 0 Å². The largest absolute Gasteiger partial charge is 0.351 e. The first-order valence-electron chi connectivity index (χ1n) is 8.77. The molecule has 0 radical (unpaired) electrons. The van der Waals surface area contributed by atoms with Crippen molar-refractivity contribution in [2.24, 2.45) is 0 Å². The van der Waals surface area contributed by atoms with Gasteiger partial charge < -0.3 is 14.8 Å². The molecule has 1 atom stereocenters. The van der Waals surface area contributed by atoms with Gasteiger partial charge in [-0.3, -0.25) is 14.4 Å². The lowest BCUT2D eigenvalue weighted by molar-refractivity contribution is -0.122. The third-order valence-electron chi connectivity index (χ3n) is 4.63. The fraction of sp³-hybridized carbons (Fsp3) is 0.350. The molecule has 26 heavy (non-hydrogen) atoms. The molecule has 3 rings (SSSR count). The number of anilines is 1. The van der Waals surface area contributed by atoms with Gasteiger partial charge in [-0.25, -0.2) is 0 Å². The van der Waals surface area contributed by atoms with Gasteiger partial charge in [0, 0.05) is 43.4 Å². The second kappa shape index (κ2) is 7.56. The van der Waals surface area contributed by atoms with Crippen molar-refractivity contribution in [3.63, 3.8) is 0 Å². The van der Waals surface area contributed by atoms with E-state index in [-0.39, 0.29) is 29.8 Å². The first kappa shape index (κ1) is 17.9. The van der Waals surface area contributed by atoms with Gasteiger partial charge >= 0.3 is 0 Å². The second-order valence-electron chi connectivity index (χ2n) is 6.72. The monoisotopic (exact) mass is 353 g/mol. The summed E-state index contributed by atoms with van der Waals surface area (Å²) < 4.78 is 1.58. The van der Waals surface area contributed by atoms with Crippen molar-refractivity contribution in [2.45, 2.75) is 39.3 Å². The lowest BCUT2D eigenvalue weighted by Crippen LogP contribution is -2.38. The molecular weight excluding hydrogens is 330 g/mol. The van der Waals surface area contributed by atoms with Crippen LogP contribution < -0.4 is 15.8 Å². The van der Waals surface area contributed by atoms with E-state index in [0.29, 0.717) is 19.5 Å². The average Bonchev–Trinajstić information content (AvgIpc) is 2.94. The van der Waals surface area contributed by atoms with Crippen LogP contribution in [0.5, 0.6) is 0 Å². The van der Waals surface area contributed by atoms with Gasteiger partial charge in [0.05, 0.1) is 6.04 Å². The number of carbonyl (C=O) groups is 2. The molecule has 1 aliphatic heterocycles. The molecule has 0 saturated carbocycles. The lowest BCUT2D eigenvalue weighted by atomic mass is 10.2. The number of pyridine rings is 1. The number of aromatic nitrogens is 1.